The van der Waals surface area contributed by atoms with Crippen molar-refractivity contribution in [2.75, 3.05) is 31.1 Å². The van der Waals surface area contributed by atoms with Gasteiger partial charge < -0.3 is 14.5 Å². The quantitative estimate of drug-likeness (QED) is 0.866. The number of rotatable bonds is 4. The Hall–Kier alpha value is -2.56. The van der Waals surface area contributed by atoms with E-state index in [0.717, 1.165) is 30.1 Å². The average molecular weight is 325 g/mol. The van der Waals surface area contributed by atoms with Crippen LogP contribution in [0.15, 0.2) is 48.8 Å². The van der Waals surface area contributed by atoms with E-state index in [1.165, 1.54) is 0 Å². The molecule has 0 spiro atoms. The Kier molecular flexibility index (Phi) is 4.99. The van der Waals surface area contributed by atoms with Crippen molar-refractivity contribution in [1.29, 1.82) is 0 Å². The SMILES string of the molecule is Cc1cccc(OC(C)C(=O)N2CCN(c3ccncc3)CC2)c1. The highest BCUT2D eigenvalue weighted by Gasteiger charge is 2.26. The van der Waals surface area contributed by atoms with Gasteiger partial charge in [0.05, 0.1) is 0 Å². The van der Waals surface area contributed by atoms with E-state index in [4.69, 9.17) is 4.74 Å². The van der Waals surface area contributed by atoms with Crippen LogP contribution < -0.4 is 9.64 Å². The third-order valence-electron chi connectivity index (χ3n) is 4.27. The molecule has 1 amide bonds. The molecule has 1 aliphatic heterocycles. The molecule has 1 fully saturated rings. The average Bonchev–Trinajstić information content (AvgIpc) is 2.62. The monoisotopic (exact) mass is 325 g/mol. The second kappa shape index (κ2) is 7.34. The van der Waals surface area contributed by atoms with Gasteiger partial charge in [0.15, 0.2) is 6.10 Å². The maximum atomic E-state index is 12.6. The van der Waals surface area contributed by atoms with Gasteiger partial charge in [0.1, 0.15) is 5.75 Å². The molecule has 0 radical (unpaired) electrons. The molecule has 0 aliphatic carbocycles. The first-order valence-electron chi connectivity index (χ1n) is 8.30. The van der Waals surface area contributed by atoms with Gasteiger partial charge in [-0.25, -0.2) is 0 Å². The first-order chi connectivity index (χ1) is 11.6. The molecule has 1 aromatic carbocycles. The molecular formula is C19H23N3O2. The van der Waals surface area contributed by atoms with Crippen LogP contribution in [0.25, 0.3) is 0 Å². The maximum Gasteiger partial charge on any atom is 0.263 e. The number of aryl methyl sites for hydroxylation is 1. The molecule has 1 aromatic heterocycles. The maximum absolute atomic E-state index is 12.6. The van der Waals surface area contributed by atoms with Crippen LogP contribution in [0.5, 0.6) is 5.75 Å². The van der Waals surface area contributed by atoms with Crippen LogP contribution in [-0.4, -0.2) is 48.1 Å². The molecule has 0 N–H and O–H groups in total. The summed E-state index contributed by atoms with van der Waals surface area (Å²) in [4.78, 5) is 20.8. The second-order valence-corrected chi connectivity index (χ2v) is 6.09. The first kappa shape index (κ1) is 16.3. The number of nitrogens with zero attached hydrogens (tertiary/aromatic N) is 3. The predicted molar refractivity (Wildman–Crippen MR) is 94.3 cm³/mol. The minimum absolute atomic E-state index is 0.0471. The molecule has 1 saturated heterocycles. The Morgan fingerprint density at radius 2 is 1.83 bits per heavy atom. The molecule has 24 heavy (non-hydrogen) atoms. The van der Waals surface area contributed by atoms with E-state index in [-0.39, 0.29) is 5.91 Å². The van der Waals surface area contributed by atoms with Gasteiger partial charge >= 0.3 is 0 Å². The number of pyridine rings is 1. The fraction of sp³-hybridized carbons (Fsp3) is 0.368. The minimum Gasteiger partial charge on any atom is -0.481 e. The van der Waals surface area contributed by atoms with Gasteiger partial charge in [0.2, 0.25) is 0 Å². The molecule has 0 saturated carbocycles. The largest absolute Gasteiger partial charge is 0.481 e. The van der Waals surface area contributed by atoms with E-state index in [2.05, 4.69) is 9.88 Å². The Morgan fingerprint density at radius 1 is 1.12 bits per heavy atom. The number of hydrogen-bond acceptors (Lipinski definition) is 4. The van der Waals surface area contributed by atoms with Crippen LogP contribution in [0.3, 0.4) is 0 Å². The van der Waals surface area contributed by atoms with Crippen LogP contribution in [0.4, 0.5) is 5.69 Å². The van der Waals surface area contributed by atoms with E-state index in [9.17, 15) is 4.79 Å². The van der Waals surface area contributed by atoms with Crippen molar-refractivity contribution in [3.63, 3.8) is 0 Å². The summed E-state index contributed by atoms with van der Waals surface area (Å²) in [5, 5.41) is 0. The lowest BCUT2D eigenvalue weighted by atomic mass is 10.2. The summed E-state index contributed by atoms with van der Waals surface area (Å²) in [6.45, 7) is 6.91. The summed E-state index contributed by atoms with van der Waals surface area (Å²) in [5.41, 5.74) is 2.28. The summed E-state index contributed by atoms with van der Waals surface area (Å²) in [7, 11) is 0. The molecule has 5 nitrogen and oxygen atoms in total. The van der Waals surface area contributed by atoms with E-state index in [0.29, 0.717) is 13.1 Å². The number of carbonyl (C=O) groups is 1. The third-order valence-corrected chi connectivity index (χ3v) is 4.27. The van der Waals surface area contributed by atoms with Gasteiger partial charge in [-0.05, 0) is 43.7 Å². The zero-order valence-corrected chi connectivity index (χ0v) is 14.2. The molecule has 2 heterocycles. The van der Waals surface area contributed by atoms with E-state index < -0.39 is 6.10 Å². The highest BCUT2D eigenvalue weighted by molar-refractivity contribution is 5.81. The topological polar surface area (TPSA) is 45.7 Å². The van der Waals surface area contributed by atoms with Crippen molar-refractivity contribution in [3.8, 4) is 5.75 Å². The molecule has 1 aliphatic rings. The molecule has 0 bridgehead atoms. The third kappa shape index (κ3) is 3.85. The standard InChI is InChI=1S/C19H23N3O2/c1-15-4-3-5-18(14-15)24-16(2)19(23)22-12-10-21(11-13-22)17-6-8-20-9-7-17/h3-9,14,16H,10-13H2,1-2H3. The Labute approximate surface area is 142 Å². The summed E-state index contributed by atoms with van der Waals surface area (Å²) in [5.74, 6) is 0.789. The van der Waals surface area contributed by atoms with Crippen molar-refractivity contribution < 1.29 is 9.53 Å². The van der Waals surface area contributed by atoms with Crippen molar-refractivity contribution in [2.45, 2.75) is 20.0 Å². The number of aromatic nitrogens is 1. The summed E-state index contributed by atoms with van der Waals surface area (Å²) in [6.07, 6.45) is 3.12. The lowest BCUT2D eigenvalue weighted by molar-refractivity contribution is -0.138. The van der Waals surface area contributed by atoms with Crippen molar-refractivity contribution in [3.05, 3.63) is 54.4 Å². The summed E-state index contributed by atoms with van der Waals surface area (Å²) < 4.78 is 5.81. The van der Waals surface area contributed by atoms with Gasteiger partial charge in [-0.1, -0.05) is 12.1 Å². The molecule has 1 atom stereocenters. The Balaban J connectivity index is 1.55. The smallest absolute Gasteiger partial charge is 0.263 e. The molecule has 1 unspecified atom stereocenters. The summed E-state index contributed by atoms with van der Waals surface area (Å²) >= 11 is 0. The van der Waals surface area contributed by atoms with Crippen molar-refractivity contribution in [2.24, 2.45) is 0 Å². The highest BCUT2D eigenvalue weighted by atomic mass is 16.5. The molecule has 5 heteroatoms. The van der Waals surface area contributed by atoms with Gasteiger partial charge in [-0.3, -0.25) is 9.78 Å². The van der Waals surface area contributed by atoms with Crippen LogP contribution in [-0.2, 0) is 4.79 Å². The number of piperazine rings is 1. The van der Waals surface area contributed by atoms with Gasteiger partial charge in [0.25, 0.3) is 5.91 Å². The normalized spacial score (nSPS) is 15.9. The van der Waals surface area contributed by atoms with Gasteiger partial charge in [-0.2, -0.15) is 0 Å². The van der Waals surface area contributed by atoms with Crippen LogP contribution in [0.2, 0.25) is 0 Å². The Bertz CT molecular complexity index is 682. The van der Waals surface area contributed by atoms with Crippen molar-refractivity contribution in [1.82, 2.24) is 9.88 Å². The molecule has 126 valence electrons. The lowest BCUT2D eigenvalue weighted by Gasteiger charge is -2.37. The van der Waals surface area contributed by atoms with E-state index in [1.54, 1.807) is 12.4 Å². The zero-order chi connectivity index (χ0) is 16.9. The number of ether oxygens (including phenoxy) is 1. The summed E-state index contributed by atoms with van der Waals surface area (Å²) in [6, 6.07) is 11.8. The van der Waals surface area contributed by atoms with Gasteiger partial charge in [-0.15, -0.1) is 0 Å². The van der Waals surface area contributed by atoms with Crippen LogP contribution in [0, 0.1) is 6.92 Å². The molecule has 2 aromatic rings. The minimum atomic E-state index is -0.473. The lowest BCUT2D eigenvalue weighted by Crippen LogP contribution is -2.52. The number of amides is 1. The van der Waals surface area contributed by atoms with Crippen LogP contribution >= 0.6 is 0 Å². The fourth-order valence-corrected chi connectivity index (χ4v) is 2.94. The van der Waals surface area contributed by atoms with E-state index in [1.807, 2.05) is 55.1 Å². The van der Waals surface area contributed by atoms with E-state index >= 15 is 0 Å². The zero-order valence-electron chi connectivity index (χ0n) is 14.2. The fourth-order valence-electron chi connectivity index (χ4n) is 2.94. The van der Waals surface area contributed by atoms with Gasteiger partial charge in [0, 0.05) is 44.3 Å². The number of carbonyl (C=O) groups excluding carboxylic acids is 1. The van der Waals surface area contributed by atoms with Crippen molar-refractivity contribution >= 4 is 11.6 Å². The number of benzene rings is 1. The molecular weight excluding hydrogens is 302 g/mol. The van der Waals surface area contributed by atoms with Crippen LogP contribution in [0.1, 0.15) is 12.5 Å². The number of anilines is 1. The first-order valence-corrected chi connectivity index (χ1v) is 8.30. The predicted octanol–water partition coefficient (Wildman–Crippen LogP) is 2.51. The number of hydrogen-bond donors (Lipinski definition) is 0. The Morgan fingerprint density at radius 3 is 2.50 bits per heavy atom. The molecule has 3 rings (SSSR count). The highest BCUT2D eigenvalue weighted by Crippen LogP contribution is 2.17. The second-order valence-electron chi connectivity index (χ2n) is 6.09.